The van der Waals surface area contributed by atoms with Gasteiger partial charge in [0.15, 0.2) is 0 Å². The number of benzene rings is 2. The fourth-order valence-corrected chi connectivity index (χ4v) is 5.53. The molecule has 1 aliphatic rings. The minimum absolute atomic E-state index is 0.420. The van der Waals surface area contributed by atoms with Crippen molar-refractivity contribution in [2.75, 3.05) is 24.5 Å². The summed E-state index contributed by atoms with van der Waals surface area (Å²) < 4.78 is 28.1. The molecule has 2 aromatic rings. The van der Waals surface area contributed by atoms with E-state index in [1.54, 1.807) is 0 Å². The van der Waals surface area contributed by atoms with Crippen LogP contribution in [0.1, 0.15) is 41.5 Å². The molecule has 1 heterocycles. The second-order valence-corrected chi connectivity index (χ2v) is 9.29. The molecule has 0 unspecified atom stereocenters. The second-order valence-electron chi connectivity index (χ2n) is 7.59. The van der Waals surface area contributed by atoms with Gasteiger partial charge in [0.25, 0.3) is 0 Å². The van der Waals surface area contributed by atoms with Crippen molar-refractivity contribution in [1.29, 1.82) is 0 Å². The average molecular weight is 387 g/mol. The fraction of sp³-hybridized carbons (Fsp3) is 0.455. The van der Waals surface area contributed by atoms with Crippen LogP contribution in [0.2, 0.25) is 0 Å². The largest absolute Gasteiger partial charge is 0.372 e. The molecule has 0 spiro atoms. The van der Waals surface area contributed by atoms with Crippen LogP contribution >= 0.6 is 0 Å². The zero-order chi connectivity index (χ0) is 19.4. The summed E-state index contributed by atoms with van der Waals surface area (Å²) in [4.78, 5) is 2.84. The van der Waals surface area contributed by atoms with Gasteiger partial charge in [-0.1, -0.05) is 29.8 Å². The molecule has 1 saturated heterocycles. The molecule has 0 aliphatic carbocycles. The van der Waals surface area contributed by atoms with E-state index in [9.17, 15) is 8.42 Å². The summed E-state index contributed by atoms with van der Waals surface area (Å²) in [7, 11) is -3.47. The summed E-state index contributed by atoms with van der Waals surface area (Å²) in [5.74, 6) is 0. The number of hydrogen-bond donors (Lipinski definition) is 1. The normalized spacial score (nSPS) is 14.7. The lowest BCUT2D eigenvalue weighted by Crippen LogP contribution is -2.26. The van der Waals surface area contributed by atoms with Crippen molar-refractivity contribution >= 4 is 15.7 Å². The molecule has 2 aromatic carbocycles. The third kappa shape index (κ3) is 4.90. The number of nitrogens with zero attached hydrogens (tertiary/aromatic N) is 1. The summed E-state index contributed by atoms with van der Waals surface area (Å²) in [6.07, 6.45) is 4.21. The molecule has 0 saturated carbocycles. The van der Waals surface area contributed by atoms with Crippen LogP contribution in [0.4, 0.5) is 5.69 Å². The van der Waals surface area contributed by atoms with E-state index in [1.165, 1.54) is 24.1 Å². The quantitative estimate of drug-likeness (QED) is 0.728. The van der Waals surface area contributed by atoms with Crippen molar-refractivity contribution in [1.82, 2.24) is 4.72 Å². The Morgan fingerprint density at radius 1 is 0.963 bits per heavy atom. The van der Waals surface area contributed by atoms with E-state index >= 15 is 0 Å². The SMILES string of the molecule is Cc1cc(C)c(S(=O)(=O)NCCCc2ccc(N3CCCC3)cc2)c(C)c1. The summed E-state index contributed by atoms with van der Waals surface area (Å²) in [6.45, 7) is 8.45. The Bertz CT molecular complexity index is 860. The number of rotatable bonds is 7. The monoisotopic (exact) mass is 386 g/mol. The Labute approximate surface area is 163 Å². The highest BCUT2D eigenvalue weighted by atomic mass is 32.2. The van der Waals surface area contributed by atoms with Crippen LogP contribution < -0.4 is 9.62 Å². The second kappa shape index (κ2) is 8.44. The van der Waals surface area contributed by atoms with Gasteiger partial charge in [0.05, 0.1) is 4.90 Å². The highest BCUT2D eigenvalue weighted by Crippen LogP contribution is 2.22. The molecule has 1 fully saturated rings. The van der Waals surface area contributed by atoms with Crippen LogP contribution in [0, 0.1) is 20.8 Å². The summed E-state index contributed by atoms with van der Waals surface area (Å²) in [5.41, 5.74) is 5.23. The van der Waals surface area contributed by atoms with Crippen molar-refractivity contribution in [2.45, 2.75) is 51.3 Å². The van der Waals surface area contributed by atoms with Crippen molar-refractivity contribution in [2.24, 2.45) is 0 Å². The van der Waals surface area contributed by atoms with Gasteiger partial charge in [-0.3, -0.25) is 0 Å². The van der Waals surface area contributed by atoms with E-state index in [0.717, 1.165) is 42.6 Å². The maximum absolute atomic E-state index is 12.7. The van der Waals surface area contributed by atoms with Crippen LogP contribution in [0.3, 0.4) is 0 Å². The van der Waals surface area contributed by atoms with Gasteiger partial charge in [-0.25, -0.2) is 13.1 Å². The van der Waals surface area contributed by atoms with Gasteiger partial charge in [-0.05, 0) is 75.3 Å². The van der Waals surface area contributed by atoms with Crippen LogP contribution in [-0.2, 0) is 16.4 Å². The van der Waals surface area contributed by atoms with E-state index in [-0.39, 0.29) is 0 Å². The molecule has 3 rings (SSSR count). The molecule has 0 radical (unpaired) electrons. The number of sulfonamides is 1. The molecule has 27 heavy (non-hydrogen) atoms. The fourth-order valence-electron chi connectivity index (χ4n) is 4.01. The molecular weight excluding hydrogens is 356 g/mol. The van der Waals surface area contributed by atoms with Crippen molar-refractivity contribution in [3.63, 3.8) is 0 Å². The Morgan fingerprint density at radius 2 is 1.56 bits per heavy atom. The molecule has 0 bridgehead atoms. The molecular formula is C22H30N2O2S. The van der Waals surface area contributed by atoms with Crippen molar-refractivity contribution in [3.8, 4) is 0 Å². The highest BCUT2D eigenvalue weighted by molar-refractivity contribution is 7.89. The molecule has 0 amide bonds. The van der Waals surface area contributed by atoms with Crippen LogP contribution in [-0.4, -0.2) is 28.1 Å². The number of hydrogen-bond acceptors (Lipinski definition) is 3. The summed E-state index contributed by atoms with van der Waals surface area (Å²) in [6, 6.07) is 12.5. The predicted molar refractivity (Wildman–Crippen MR) is 112 cm³/mol. The number of nitrogens with one attached hydrogen (secondary N) is 1. The molecule has 0 atom stereocenters. The number of anilines is 1. The Kier molecular flexibility index (Phi) is 6.22. The maximum Gasteiger partial charge on any atom is 0.241 e. The van der Waals surface area contributed by atoms with Crippen molar-refractivity contribution in [3.05, 3.63) is 58.7 Å². The number of aryl methyl sites for hydroxylation is 4. The molecule has 0 aromatic heterocycles. The lowest BCUT2D eigenvalue weighted by atomic mass is 10.1. The van der Waals surface area contributed by atoms with Crippen LogP contribution in [0.25, 0.3) is 0 Å². The lowest BCUT2D eigenvalue weighted by Gasteiger charge is -2.17. The maximum atomic E-state index is 12.7. The Morgan fingerprint density at radius 3 is 2.15 bits per heavy atom. The van der Waals surface area contributed by atoms with Crippen LogP contribution in [0.15, 0.2) is 41.3 Å². The van der Waals surface area contributed by atoms with Gasteiger partial charge < -0.3 is 4.90 Å². The van der Waals surface area contributed by atoms with Gasteiger partial charge in [0.2, 0.25) is 10.0 Å². The highest BCUT2D eigenvalue weighted by Gasteiger charge is 2.19. The molecule has 146 valence electrons. The summed E-state index contributed by atoms with van der Waals surface area (Å²) in [5, 5.41) is 0. The average Bonchev–Trinajstić information content (AvgIpc) is 3.12. The molecule has 5 heteroatoms. The molecule has 1 N–H and O–H groups in total. The first-order valence-corrected chi connectivity index (χ1v) is 11.3. The zero-order valence-corrected chi connectivity index (χ0v) is 17.4. The molecule has 1 aliphatic heterocycles. The predicted octanol–water partition coefficient (Wildman–Crippen LogP) is 4.12. The molecule has 4 nitrogen and oxygen atoms in total. The van der Waals surface area contributed by atoms with E-state index in [1.807, 2.05) is 32.9 Å². The third-order valence-electron chi connectivity index (χ3n) is 5.22. The van der Waals surface area contributed by atoms with E-state index in [4.69, 9.17) is 0 Å². The standard InChI is InChI=1S/C22H30N2O2S/c1-17-15-18(2)22(19(3)16-17)27(25,26)23-12-6-7-20-8-10-21(11-9-20)24-13-4-5-14-24/h8-11,15-16,23H,4-7,12-14H2,1-3H3. The first-order valence-electron chi connectivity index (χ1n) is 9.78. The minimum Gasteiger partial charge on any atom is -0.372 e. The Hall–Kier alpha value is -1.85. The third-order valence-corrected chi connectivity index (χ3v) is 6.98. The van der Waals surface area contributed by atoms with Gasteiger partial charge in [0.1, 0.15) is 0 Å². The lowest BCUT2D eigenvalue weighted by molar-refractivity contribution is 0.577. The smallest absolute Gasteiger partial charge is 0.241 e. The van der Waals surface area contributed by atoms with E-state index < -0.39 is 10.0 Å². The van der Waals surface area contributed by atoms with E-state index in [0.29, 0.717) is 11.4 Å². The van der Waals surface area contributed by atoms with Crippen molar-refractivity contribution < 1.29 is 8.42 Å². The first-order chi connectivity index (χ1) is 12.9. The zero-order valence-electron chi connectivity index (χ0n) is 16.6. The van der Waals surface area contributed by atoms with Gasteiger partial charge in [0, 0.05) is 25.3 Å². The van der Waals surface area contributed by atoms with Gasteiger partial charge >= 0.3 is 0 Å². The van der Waals surface area contributed by atoms with Gasteiger partial charge in [-0.15, -0.1) is 0 Å². The van der Waals surface area contributed by atoms with E-state index in [2.05, 4.69) is 33.9 Å². The Balaban J connectivity index is 1.54. The topological polar surface area (TPSA) is 49.4 Å². The summed E-state index contributed by atoms with van der Waals surface area (Å²) >= 11 is 0. The van der Waals surface area contributed by atoms with Crippen LogP contribution in [0.5, 0.6) is 0 Å². The minimum atomic E-state index is -3.47. The first kappa shape index (κ1) is 19.9. The van der Waals surface area contributed by atoms with Gasteiger partial charge in [-0.2, -0.15) is 0 Å².